The van der Waals surface area contributed by atoms with Gasteiger partial charge in [-0.15, -0.1) is 12.4 Å². The molecule has 0 aliphatic carbocycles. The largest absolute Gasteiger partial charge is 0.308 e. The molecule has 12 heteroatoms. The molecule has 4 aromatic rings. The highest BCUT2D eigenvalue weighted by Crippen LogP contribution is 2.33. The van der Waals surface area contributed by atoms with Crippen LogP contribution in [0.25, 0.3) is 10.2 Å². The van der Waals surface area contributed by atoms with Crippen LogP contribution < -0.4 is 9.21 Å². The van der Waals surface area contributed by atoms with Crippen molar-refractivity contribution in [3.63, 3.8) is 0 Å². The number of nitrogens with zero attached hydrogens (tertiary/aromatic N) is 4. The first kappa shape index (κ1) is 28.9. The number of aromatic nitrogens is 1. The van der Waals surface area contributed by atoms with Crippen molar-refractivity contribution in [2.75, 3.05) is 42.9 Å². The number of aryl methyl sites for hydroxylation is 1. The standard InChI is InChI=1S/C27H26F2N4O3S2.ClH/c1-31(2)14-15-32(27-30-25-22(29)16-20(28)17-24(25)37-27)26(34)19-9-11-21(12-10-19)38(35,36)33-13-5-7-18-6-3-4-8-23(18)33;/h3-4,6,8-12,16-17H,5,7,13-15H2,1-2H3;1H. The fourth-order valence-corrected chi connectivity index (χ4v) is 7.02. The number of hydrogen-bond acceptors (Lipinski definition) is 6. The van der Waals surface area contributed by atoms with E-state index in [1.54, 1.807) is 6.07 Å². The first-order valence-corrected chi connectivity index (χ1v) is 14.3. The Kier molecular flexibility index (Phi) is 8.55. The lowest BCUT2D eigenvalue weighted by molar-refractivity contribution is 0.0985. The van der Waals surface area contributed by atoms with Crippen molar-refractivity contribution in [3.8, 4) is 0 Å². The fraction of sp³-hybridized carbons (Fsp3) is 0.259. The van der Waals surface area contributed by atoms with Gasteiger partial charge >= 0.3 is 0 Å². The summed E-state index contributed by atoms with van der Waals surface area (Å²) in [6.45, 7) is 1.13. The van der Waals surface area contributed by atoms with Crippen molar-refractivity contribution >= 4 is 60.7 Å². The maximum atomic E-state index is 14.3. The molecule has 0 saturated carbocycles. The van der Waals surface area contributed by atoms with Crippen molar-refractivity contribution in [2.24, 2.45) is 0 Å². The number of carbonyl (C=O) groups is 1. The van der Waals surface area contributed by atoms with E-state index in [-0.39, 0.29) is 40.1 Å². The Morgan fingerprint density at radius 3 is 2.49 bits per heavy atom. The van der Waals surface area contributed by atoms with Gasteiger partial charge in [0.25, 0.3) is 15.9 Å². The Labute approximate surface area is 236 Å². The van der Waals surface area contributed by atoms with Crippen molar-refractivity contribution < 1.29 is 22.0 Å². The number of rotatable bonds is 7. The zero-order chi connectivity index (χ0) is 27.0. The molecule has 0 N–H and O–H groups in total. The van der Waals surface area contributed by atoms with Gasteiger partial charge in [-0.05, 0) is 68.9 Å². The molecule has 1 aliphatic heterocycles. The molecule has 2 heterocycles. The van der Waals surface area contributed by atoms with E-state index in [1.165, 1.54) is 39.5 Å². The first-order chi connectivity index (χ1) is 18.1. The van der Waals surface area contributed by atoms with Gasteiger partial charge in [0.05, 0.1) is 15.3 Å². The molecule has 0 fully saturated rings. The predicted octanol–water partition coefficient (Wildman–Crippen LogP) is 5.35. The van der Waals surface area contributed by atoms with Crippen molar-refractivity contribution in [3.05, 3.63) is 83.4 Å². The summed E-state index contributed by atoms with van der Waals surface area (Å²) in [5, 5.41) is 0.234. The number of hydrogen-bond donors (Lipinski definition) is 0. The van der Waals surface area contributed by atoms with Gasteiger partial charge in [-0.2, -0.15) is 0 Å². The second-order valence-electron chi connectivity index (χ2n) is 9.32. The van der Waals surface area contributed by atoms with Crippen LogP contribution in [0.15, 0.2) is 65.6 Å². The maximum absolute atomic E-state index is 14.3. The zero-order valence-corrected chi connectivity index (χ0v) is 23.8. The number of carbonyl (C=O) groups excluding carboxylic acids is 1. The number of halogens is 3. The van der Waals surface area contributed by atoms with Gasteiger partial charge in [0.1, 0.15) is 11.3 Å². The molecule has 206 valence electrons. The predicted molar refractivity (Wildman–Crippen MR) is 153 cm³/mol. The third kappa shape index (κ3) is 5.76. The number of anilines is 2. The lowest BCUT2D eigenvalue weighted by Gasteiger charge is -2.30. The number of para-hydroxylation sites is 1. The molecule has 0 unspecified atom stereocenters. The van der Waals surface area contributed by atoms with Crippen LogP contribution in [0.3, 0.4) is 0 Å². The van der Waals surface area contributed by atoms with E-state index in [4.69, 9.17) is 0 Å². The molecule has 0 spiro atoms. The van der Waals surface area contributed by atoms with Crippen LogP contribution in [0.4, 0.5) is 19.6 Å². The van der Waals surface area contributed by atoms with Gasteiger partial charge in [-0.1, -0.05) is 29.5 Å². The number of amides is 1. The average Bonchev–Trinajstić information content (AvgIpc) is 3.32. The summed E-state index contributed by atoms with van der Waals surface area (Å²) in [7, 11) is -0.112. The van der Waals surface area contributed by atoms with E-state index in [0.29, 0.717) is 23.5 Å². The second-order valence-corrected chi connectivity index (χ2v) is 12.2. The molecule has 3 aromatic carbocycles. The topological polar surface area (TPSA) is 73.8 Å². The molecule has 0 radical (unpaired) electrons. The Morgan fingerprint density at radius 1 is 1.05 bits per heavy atom. The molecular weight excluding hydrogens is 566 g/mol. The number of sulfonamides is 1. The number of fused-ring (bicyclic) bond motifs is 2. The lowest BCUT2D eigenvalue weighted by atomic mass is 10.0. The fourth-order valence-electron chi connectivity index (χ4n) is 4.45. The molecule has 5 rings (SSSR count). The Hall–Kier alpha value is -3.12. The van der Waals surface area contributed by atoms with E-state index >= 15 is 0 Å². The number of benzene rings is 3. The normalized spacial score (nSPS) is 13.3. The van der Waals surface area contributed by atoms with Gasteiger partial charge in [-0.25, -0.2) is 22.2 Å². The van der Waals surface area contributed by atoms with Gasteiger partial charge in [0.2, 0.25) is 0 Å². The van der Waals surface area contributed by atoms with E-state index in [1.807, 2.05) is 37.2 Å². The minimum absolute atomic E-state index is 0. The van der Waals surface area contributed by atoms with E-state index in [0.717, 1.165) is 35.8 Å². The summed E-state index contributed by atoms with van der Waals surface area (Å²) >= 11 is 1.02. The molecule has 39 heavy (non-hydrogen) atoms. The minimum atomic E-state index is -3.82. The summed E-state index contributed by atoms with van der Waals surface area (Å²) in [5.74, 6) is -1.93. The molecule has 0 atom stereocenters. The van der Waals surface area contributed by atoms with E-state index in [2.05, 4.69) is 4.98 Å². The highest BCUT2D eigenvalue weighted by Gasteiger charge is 2.29. The van der Waals surface area contributed by atoms with Gasteiger partial charge < -0.3 is 4.90 Å². The van der Waals surface area contributed by atoms with Gasteiger partial charge in [0, 0.05) is 31.3 Å². The molecule has 0 saturated heterocycles. The molecule has 0 bridgehead atoms. The highest BCUT2D eigenvalue weighted by atomic mass is 35.5. The van der Waals surface area contributed by atoms with Crippen LogP contribution >= 0.6 is 23.7 Å². The SMILES string of the molecule is CN(C)CCN(C(=O)c1ccc(S(=O)(=O)N2CCCc3ccccc32)cc1)c1nc2c(F)cc(F)cc2s1.Cl. The third-order valence-electron chi connectivity index (χ3n) is 6.41. The van der Waals surface area contributed by atoms with Crippen LogP contribution in [0.1, 0.15) is 22.3 Å². The highest BCUT2D eigenvalue weighted by molar-refractivity contribution is 7.92. The van der Waals surface area contributed by atoms with Crippen LogP contribution in [-0.2, 0) is 16.4 Å². The molecule has 1 aromatic heterocycles. The van der Waals surface area contributed by atoms with Crippen LogP contribution in [0.2, 0.25) is 0 Å². The Bertz CT molecular complexity index is 1610. The summed E-state index contributed by atoms with van der Waals surface area (Å²) in [5.41, 5.74) is 1.91. The molecule has 7 nitrogen and oxygen atoms in total. The summed E-state index contributed by atoms with van der Waals surface area (Å²) in [6.07, 6.45) is 1.54. The minimum Gasteiger partial charge on any atom is -0.308 e. The van der Waals surface area contributed by atoms with Crippen molar-refractivity contribution in [2.45, 2.75) is 17.7 Å². The lowest BCUT2D eigenvalue weighted by Crippen LogP contribution is -2.37. The average molecular weight is 593 g/mol. The maximum Gasteiger partial charge on any atom is 0.264 e. The van der Waals surface area contributed by atoms with Crippen LogP contribution in [0, 0.1) is 11.6 Å². The Morgan fingerprint density at radius 2 is 1.77 bits per heavy atom. The molecule has 1 amide bonds. The number of likely N-dealkylation sites (N-methyl/N-ethyl adjacent to an activating group) is 1. The molecule has 1 aliphatic rings. The van der Waals surface area contributed by atoms with Gasteiger partial charge in [0.15, 0.2) is 10.9 Å². The van der Waals surface area contributed by atoms with E-state index < -0.39 is 27.6 Å². The zero-order valence-electron chi connectivity index (χ0n) is 21.3. The first-order valence-electron chi connectivity index (χ1n) is 12.1. The van der Waals surface area contributed by atoms with Crippen LogP contribution in [0.5, 0.6) is 0 Å². The smallest absolute Gasteiger partial charge is 0.264 e. The van der Waals surface area contributed by atoms with Crippen molar-refractivity contribution in [1.29, 1.82) is 0 Å². The quantitative estimate of drug-likeness (QED) is 0.289. The van der Waals surface area contributed by atoms with Gasteiger partial charge in [-0.3, -0.25) is 14.0 Å². The monoisotopic (exact) mass is 592 g/mol. The second kappa shape index (κ2) is 11.5. The Balaban J connectivity index is 0.00000353. The van der Waals surface area contributed by atoms with Crippen molar-refractivity contribution in [1.82, 2.24) is 9.88 Å². The summed E-state index contributed by atoms with van der Waals surface area (Å²) < 4.78 is 56.7. The summed E-state index contributed by atoms with van der Waals surface area (Å²) in [4.78, 5) is 21.2. The number of thiazole rings is 1. The van der Waals surface area contributed by atoms with E-state index in [9.17, 15) is 22.0 Å². The third-order valence-corrected chi connectivity index (χ3v) is 9.26. The van der Waals surface area contributed by atoms with Crippen LogP contribution in [-0.4, -0.2) is 57.9 Å². The molecular formula is C27H27ClF2N4O3S2. The summed E-state index contributed by atoms with van der Waals surface area (Å²) in [6, 6.07) is 15.2.